The van der Waals surface area contributed by atoms with Gasteiger partial charge in [-0.2, -0.15) is 0 Å². The van der Waals surface area contributed by atoms with Gasteiger partial charge in [0.25, 0.3) is 0 Å². The van der Waals surface area contributed by atoms with Crippen LogP contribution in [0.3, 0.4) is 0 Å². The molecular formula is C13H26N2O2. The van der Waals surface area contributed by atoms with Crippen LogP contribution in [0.5, 0.6) is 0 Å². The fourth-order valence-corrected chi connectivity index (χ4v) is 2.67. The fraction of sp³-hybridized carbons (Fsp3) is 0.923. The third-order valence-electron chi connectivity index (χ3n) is 3.97. The van der Waals surface area contributed by atoms with Crippen LogP contribution in [0.25, 0.3) is 0 Å². The number of carboxylic acids is 1. The number of carboxylic acid groups (broad SMARTS) is 1. The first-order valence-corrected chi connectivity index (χ1v) is 6.74. The second-order valence-electron chi connectivity index (χ2n) is 5.14. The van der Waals surface area contributed by atoms with E-state index in [0.717, 1.165) is 45.2 Å². The van der Waals surface area contributed by atoms with Crippen molar-refractivity contribution in [2.24, 2.45) is 0 Å². The Bertz CT molecular complexity index is 258. The maximum absolute atomic E-state index is 11.6. The third kappa shape index (κ3) is 3.42. The number of carbonyl (C=O) groups is 1. The molecule has 1 aliphatic rings. The molecule has 0 aromatic carbocycles. The molecule has 4 nitrogen and oxygen atoms in total. The Morgan fingerprint density at radius 3 is 2.76 bits per heavy atom. The normalized spacial score (nSPS) is 29.5. The van der Waals surface area contributed by atoms with E-state index >= 15 is 0 Å². The second kappa shape index (κ2) is 6.36. The summed E-state index contributed by atoms with van der Waals surface area (Å²) in [7, 11) is 2.09. The first-order valence-electron chi connectivity index (χ1n) is 6.74. The topological polar surface area (TPSA) is 52.6 Å². The van der Waals surface area contributed by atoms with Crippen molar-refractivity contribution < 1.29 is 9.90 Å². The zero-order valence-corrected chi connectivity index (χ0v) is 11.3. The summed E-state index contributed by atoms with van der Waals surface area (Å²) >= 11 is 0. The van der Waals surface area contributed by atoms with E-state index in [2.05, 4.69) is 31.1 Å². The highest BCUT2D eigenvalue weighted by Gasteiger charge is 2.43. The Hall–Kier alpha value is -0.610. The lowest BCUT2D eigenvalue weighted by Crippen LogP contribution is -2.58. The summed E-state index contributed by atoms with van der Waals surface area (Å²) in [5.74, 6) is -0.680. The molecule has 0 aliphatic heterocycles. The van der Waals surface area contributed by atoms with Crippen molar-refractivity contribution in [1.82, 2.24) is 10.2 Å². The average molecular weight is 242 g/mol. The van der Waals surface area contributed by atoms with Gasteiger partial charge in [-0.05, 0) is 52.2 Å². The number of aliphatic carboxylic acids is 1. The molecule has 100 valence electrons. The smallest absolute Gasteiger partial charge is 0.323 e. The summed E-state index contributed by atoms with van der Waals surface area (Å²) in [4.78, 5) is 13.8. The predicted octanol–water partition coefficient (Wildman–Crippen LogP) is 1.70. The van der Waals surface area contributed by atoms with Crippen LogP contribution < -0.4 is 5.32 Å². The second-order valence-corrected chi connectivity index (χ2v) is 5.14. The van der Waals surface area contributed by atoms with Gasteiger partial charge in [-0.1, -0.05) is 13.8 Å². The van der Waals surface area contributed by atoms with Gasteiger partial charge in [0.05, 0.1) is 0 Å². The van der Waals surface area contributed by atoms with Crippen molar-refractivity contribution in [2.45, 2.75) is 57.5 Å². The van der Waals surface area contributed by atoms with E-state index in [0.29, 0.717) is 6.04 Å². The highest BCUT2D eigenvalue weighted by atomic mass is 16.4. The zero-order chi connectivity index (χ0) is 12.9. The van der Waals surface area contributed by atoms with Gasteiger partial charge in [0.15, 0.2) is 0 Å². The van der Waals surface area contributed by atoms with E-state index in [4.69, 9.17) is 0 Å². The van der Waals surface area contributed by atoms with Gasteiger partial charge < -0.3 is 15.3 Å². The monoisotopic (exact) mass is 242 g/mol. The molecule has 0 bridgehead atoms. The van der Waals surface area contributed by atoms with Gasteiger partial charge in [0.1, 0.15) is 5.54 Å². The lowest BCUT2D eigenvalue weighted by atomic mass is 9.78. The summed E-state index contributed by atoms with van der Waals surface area (Å²) < 4.78 is 0. The standard InChI is InChI=1S/C13H26N2O2/c1-4-9-14-13(12(16)17)8-6-7-11(10-13)15(3)5-2/h11,14H,4-10H2,1-3H3,(H,16,17). The van der Waals surface area contributed by atoms with Crippen molar-refractivity contribution in [2.75, 3.05) is 20.1 Å². The lowest BCUT2D eigenvalue weighted by molar-refractivity contribution is -0.147. The molecule has 1 fully saturated rings. The number of hydrogen-bond donors (Lipinski definition) is 2. The minimum absolute atomic E-state index is 0.397. The minimum atomic E-state index is -0.692. The molecule has 0 aromatic rings. The van der Waals surface area contributed by atoms with Gasteiger partial charge in [-0.25, -0.2) is 0 Å². The molecule has 0 radical (unpaired) electrons. The van der Waals surface area contributed by atoms with Crippen molar-refractivity contribution in [3.63, 3.8) is 0 Å². The maximum Gasteiger partial charge on any atom is 0.323 e. The molecule has 1 rings (SSSR count). The van der Waals surface area contributed by atoms with Crippen LogP contribution in [0, 0.1) is 0 Å². The predicted molar refractivity (Wildman–Crippen MR) is 69.2 cm³/mol. The van der Waals surface area contributed by atoms with Crippen LogP contribution >= 0.6 is 0 Å². The summed E-state index contributed by atoms with van der Waals surface area (Å²) in [5.41, 5.74) is -0.692. The van der Waals surface area contributed by atoms with E-state index in [1.54, 1.807) is 0 Å². The van der Waals surface area contributed by atoms with Crippen molar-refractivity contribution in [3.8, 4) is 0 Å². The molecule has 0 heterocycles. The van der Waals surface area contributed by atoms with E-state index < -0.39 is 11.5 Å². The summed E-state index contributed by atoms with van der Waals surface area (Å²) in [6, 6.07) is 0.397. The van der Waals surface area contributed by atoms with Crippen molar-refractivity contribution >= 4 is 5.97 Å². The van der Waals surface area contributed by atoms with E-state index in [1.165, 1.54) is 0 Å². The third-order valence-corrected chi connectivity index (χ3v) is 3.97. The number of nitrogens with one attached hydrogen (secondary N) is 1. The highest BCUT2D eigenvalue weighted by molar-refractivity contribution is 5.79. The first-order chi connectivity index (χ1) is 8.05. The molecule has 17 heavy (non-hydrogen) atoms. The molecule has 2 N–H and O–H groups in total. The fourth-order valence-electron chi connectivity index (χ4n) is 2.67. The largest absolute Gasteiger partial charge is 0.480 e. The quantitative estimate of drug-likeness (QED) is 0.744. The molecule has 0 amide bonds. The Labute approximate surface area is 104 Å². The summed E-state index contributed by atoms with van der Waals surface area (Å²) in [5, 5.41) is 12.8. The number of hydrogen-bond acceptors (Lipinski definition) is 3. The van der Waals surface area contributed by atoms with Crippen LogP contribution in [-0.2, 0) is 4.79 Å². The van der Waals surface area contributed by atoms with Crippen LogP contribution in [0.15, 0.2) is 0 Å². The van der Waals surface area contributed by atoms with Crippen LogP contribution in [0.4, 0.5) is 0 Å². The minimum Gasteiger partial charge on any atom is -0.480 e. The first kappa shape index (κ1) is 14.5. The summed E-state index contributed by atoms with van der Waals surface area (Å²) in [6.07, 6.45) is 4.58. The molecule has 2 unspecified atom stereocenters. The molecule has 0 saturated heterocycles. The SMILES string of the molecule is CCCNC1(C(=O)O)CCCC(N(C)CC)C1. The Kier molecular flexibility index (Phi) is 5.40. The Morgan fingerprint density at radius 1 is 1.53 bits per heavy atom. The molecule has 0 aromatic heterocycles. The van der Waals surface area contributed by atoms with Gasteiger partial charge in [0.2, 0.25) is 0 Å². The summed E-state index contributed by atoms with van der Waals surface area (Å²) in [6.45, 7) is 5.96. The van der Waals surface area contributed by atoms with Crippen LogP contribution in [0.2, 0.25) is 0 Å². The number of rotatable bonds is 6. The highest BCUT2D eigenvalue weighted by Crippen LogP contribution is 2.31. The lowest BCUT2D eigenvalue weighted by Gasteiger charge is -2.41. The van der Waals surface area contributed by atoms with Crippen LogP contribution in [-0.4, -0.2) is 47.7 Å². The van der Waals surface area contributed by atoms with Gasteiger partial charge in [-0.15, -0.1) is 0 Å². The van der Waals surface area contributed by atoms with Crippen LogP contribution in [0.1, 0.15) is 46.0 Å². The van der Waals surface area contributed by atoms with E-state index in [1.807, 2.05) is 0 Å². The van der Waals surface area contributed by atoms with Gasteiger partial charge in [-0.3, -0.25) is 4.79 Å². The van der Waals surface area contributed by atoms with Gasteiger partial charge >= 0.3 is 5.97 Å². The maximum atomic E-state index is 11.6. The van der Waals surface area contributed by atoms with E-state index in [-0.39, 0.29) is 0 Å². The van der Waals surface area contributed by atoms with E-state index in [9.17, 15) is 9.90 Å². The number of nitrogens with zero attached hydrogens (tertiary/aromatic N) is 1. The molecule has 1 saturated carbocycles. The Morgan fingerprint density at radius 2 is 2.24 bits per heavy atom. The molecule has 1 aliphatic carbocycles. The molecule has 0 spiro atoms. The van der Waals surface area contributed by atoms with Crippen molar-refractivity contribution in [1.29, 1.82) is 0 Å². The molecule has 4 heteroatoms. The van der Waals surface area contributed by atoms with Crippen molar-refractivity contribution in [3.05, 3.63) is 0 Å². The zero-order valence-electron chi connectivity index (χ0n) is 11.3. The Balaban J connectivity index is 2.72. The molecular weight excluding hydrogens is 216 g/mol. The molecule has 2 atom stereocenters. The average Bonchev–Trinajstić information content (AvgIpc) is 2.35. The van der Waals surface area contributed by atoms with Gasteiger partial charge in [0, 0.05) is 6.04 Å².